The Labute approximate surface area is 165 Å². The predicted octanol–water partition coefficient (Wildman–Crippen LogP) is 3.45. The first-order chi connectivity index (χ1) is 13.0. The first-order valence-electron chi connectivity index (χ1n) is 7.95. The molecule has 2 N–H and O–H groups in total. The average molecular weight is 402 g/mol. The molecule has 0 aliphatic carbocycles. The Morgan fingerprint density at radius 2 is 1.89 bits per heavy atom. The van der Waals surface area contributed by atoms with E-state index in [1.54, 1.807) is 59.4 Å². The number of amides is 2. The maximum atomic E-state index is 12.3. The van der Waals surface area contributed by atoms with Crippen LogP contribution in [-0.2, 0) is 11.8 Å². The van der Waals surface area contributed by atoms with Crippen molar-refractivity contribution >= 4 is 46.6 Å². The number of nitrogens with zero attached hydrogens (tertiary/aromatic N) is 3. The molecule has 9 heteroatoms. The molecule has 2 amide bonds. The van der Waals surface area contributed by atoms with Crippen molar-refractivity contribution in [3.05, 3.63) is 65.4 Å². The topological polar surface area (TPSA) is 88.9 Å². The van der Waals surface area contributed by atoms with Gasteiger partial charge in [0, 0.05) is 29.0 Å². The molecule has 0 radical (unpaired) electrons. The van der Waals surface area contributed by atoms with Crippen LogP contribution in [0.2, 0.25) is 5.02 Å². The fourth-order valence-electron chi connectivity index (χ4n) is 2.20. The Hall–Kier alpha value is -2.84. The summed E-state index contributed by atoms with van der Waals surface area (Å²) in [5.74, 6) is -0.212. The molecule has 7 nitrogen and oxygen atoms in total. The molecule has 1 heterocycles. The number of carbonyl (C=O) groups excluding carboxylic acids is 2. The third-order valence-corrected chi connectivity index (χ3v) is 4.79. The average Bonchev–Trinajstić information content (AvgIpc) is 3.05. The van der Waals surface area contributed by atoms with Crippen molar-refractivity contribution in [1.82, 2.24) is 14.8 Å². The van der Waals surface area contributed by atoms with Gasteiger partial charge in [0.2, 0.25) is 5.91 Å². The lowest BCUT2D eigenvalue weighted by atomic mass is 10.2. The number of aryl methyl sites for hydroxylation is 1. The quantitative estimate of drug-likeness (QED) is 0.617. The molecular weight excluding hydrogens is 386 g/mol. The van der Waals surface area contributed by atoms with E-state index >= 15 is 0 Å². The van der Waals surface area contributed by atoms with Crippen molar-refractivity contribution < 1.29 is 9.59 Å². The fourth-order valence-corrected chi connectivity index (χ4v) is 3.08. The summed E-state index contributed by atoms with van der Waals surface area (Å²) in [7, 11) is 1.81. The van der Waals surface area contributed by atoms with Crippen LogP contribution in [-0.4, -0.2) is 32.3 Å². The summed E-state index contributed by atoms with van der Waals surface area (Å²) in [6, 6.07) is 13.6. The number of benzene rings is 2. The van der Waals surface area contributed by atoms with E-state index in [0.29, 0.717) is 27.1 Å². The Morgan fingerprint density at radius 1 is 1.11 bits per heavy atom. The summed E-state index contributed by atoms with van der Waals surface area (Å²) >= 11 is 7.20. The van der Waals surface area contributed by atoms with Gasteiger partial charge in [0.05, 0.1) is 5.75 Å². The fraction of sp³-hybridized carbons (Fsp3) is 0.111. The standard InChI is InChI=1S/C18H16ClN5O2S/c1-24-11-20-23-18(24)27-10-16(25)21-14-7-5-12(6-8-14)17(26)22-15-4-2-3-13(19)9-15/h2-9,11H,10H2,1H3,(H,21,25)(H,22,26). The van der Waals surface area contributed by atoms with Crippen molar-refractivity contribution in [3.63, 3.8) is 0 Å². The van der Waals surface area contributed by atoms with Crippen molar-refractivity contribution in [2.75, 3.05) is 16.4 Å². The minimum Gasteiger partial charge on any atom is -0.325 e. The van der Waals surface area contributed by atoms with E-state index in [2.05, 4.69) is 20.8 Å². The molecule has 0 aliphatic heterocycles. The zero-order valence-corrected chi connectivity index (χ0v) is 15.9. The van der Waals surface area contributed by atoms with E-state index in [1.165, 1.54) is 11.8 Å². The first-order valence-corrected chi connectivity index (χ1v) is 9.31. The SMILES string of the molecule is Cn1cnnc1SCC(=O)Nc1ccc(C(=O)Nc2cccc(Cl)c2)cc1. The number of rotatable bonds is 6. The summed E-state index contributed by atoms with van der Waals surface area (Å²) in [6.07, 6.45) is 1.58. The molecule has 0 saturated carbocycles. The van der Waals surface area contributed by atoms with Crippen molar-refractivity contribution in [1.29, 1.82) is 0 Å². The smallest absolute Gasteiger partial charge is 0.255 e. The van der Waals surface area contributed by atoms with E-state index in [-0.39, 0.29) is 17.6 Å². The lowest BCUT2D eigenvalue weighted by Crippen LogP contribution is -2.15. The molecule has 0 saturated heterocycles. The number of halogens is 1. The third-order valence-electron chi connectivity index (χ3n) is 3.52. The number of carbonyl (C=O) groups is 2. The maximum absolute atomic E-state index is 12.3. The van der Waals surface area contributed by atoms with Crippen LogP contribution in [0.5, 0.6) is 0 Å². The molecule has 27 heavy (non-hydrogen) atoms. The number of hydrogen-bond donors (Lipinski definition) is 2. The molecule has 0 fully saturated rings. The Morgan fingerprint density at radius 3 is 2.56 bits per heavy atom. The maximum Gasteiger partial charge on any atom is 0.255 e. The van der Waals surface area contributed by atoms with E-state index < -0.39 is 0 Å². The zero-order valence-electron chi connectivity index (χ0n) is 14.3. The van der Waals surface area contributed by atoms with E-state index in [1.807, 2.05) is 7.05 Å². The summed E-state index contributed by atoms with van der Waals surface area (Å²) in [4.78, 5) is 24.3. The monoisotopic (exact) mass is 401 g/mol. The molecule has 1 aromatic heterocycles. The van der Waals surface area contributed by atoms with Gasteiger partial charge in [-0.25, -0.2) is 0 Å². The van der Waals surface area contributed by atoms with Crippen molar-refractivity contribution in [3.8, 4) is 0 Å². The highest BCUT2D eigenvalue weighted by Crippen LogP contribution is 2.17. The molecule has 0 spiro atoms. The largest absolute Gasteiger partial charge is 0.325 e. The highest BCUT2D eigenvalue weighted by molar-refractivity contribution is 7.99. The van der Waals surface area contributed by atoms with E-state index in [4.69, 9.17) is 11.6 Å². The van der Waals surface area contributed by atoms with Gasteiger partial charge < -0.3 is 15.2 Å². The number of hydrogen-bond acceptors (Lipinski definition) is 5. The van der Waals surface area contributed by atoms with Gasteiger partial charge >= 0.3 is 0 Å². The molecule has 0 bridgehead atoms. The number of nitrogens with one attached hydrogen (secondary N) is 2. The number of thioether (sulfide) groups is 1. The highest BCUT2D eigenvalue weighted by atomic mass is 35.5. The second-order valence-electron chi connectivity index (χ2n) is 5.60. The normalized spacial score (nSPS) is 10.4. The lowest BCUT2D eigenvalue weighted by molar-refractivity contribution is -0.113. The Balaban J connectivity index is 1.54. The van der Waals surface area contributed by atoms with Crippen molar-refractivity contribution in [2.45, 2.75) is 5.16 Å². The van der Waals surface area contributed by atoms with Gasteiger partial charge in [0.15, 0.2) is 5.16 Å². The first kappa shape index (κ1) is 18.9. The molecule has 0 aliphatic rings. The van der Waals surface area contributed by atoms with Crippen LogP contribution < -0.4 is 10.6 Å². The lowest BCUT2D eigenvalue weighted by Gasteiger charge is -2.08. The van der Waals surface area contributed by atoms with Gasteiger partial charge in [-0.15, -0.1) is 10.2 Å². The van der Waals surface area contributed by atoms with Crippen molar-refractivity contribution in [2.24, 2.45) is 7.05 Å². The number of aromatic nitrogens is 3. The molecule has 3 rings (SSSR count). The van der Waals surface area contributed by atoms with Crippen LogP contribution in [0.3, 0.4) is 0 Å². The third kappa shape index (κ3) is 5.32. The highest BCUT2D eigenvalue weighted by Gasteiger charge is 2.09. The molecule has 138 valence electrons. The molecular formula is C18H16ClN5O2S. The van der Waals surface area contributed by atoms with Crippen LogP contribution >= 0.6 is 23.4 Å². The zero-order chi connectivity index (χ0) is 19.2. The Bertz CT molecular complexity index is 958. The summed E-state index contributed by atoms with van der Waals surface area (Å²) in [5, 5.41) is 14.4. The molecule has 0 atom stereocenters. The minimum atomic E-state index is -0.256. The second-order valence-corrected chi connectivity index (χ2v) is 6.98. The predicted molar refractivity (Wildman–Crippen MR) is 106 cm³/mol. The van der Waals surface area contributed by atoms with Gasteiger partial charge in [-0.3, -0.25) is 9.59 Å². The second kappa shape index (κ2) is 8.70. The minimum absolute atomic E-state index is 0.167. The van der Waals surface area contributed by atoms with Gasteiger partial charge in [0.1, 0.15) is 6.33 Å². The van der Waals surface area contributed by atoms with Crippen LogP contribution in [0.1, 0.15) is 10.4 Å². The number of anilines is 2. The van der Waals surface area contributed by atoms with E-state index in [9.17, 15) is 9.59 Å². The Kier molecular flexibility index (Phi) is 6.10. The summed E-state index contributed by atoms with van der Waals surface area (Å²) < 4.78 is 1.74. The van der Waals surface area contributed by atoms with Crippen LogP contribution in [0.25, 0.3) is 0 Å². The molecule has 2 aromatic carbocycles. The van der Waals surface area contributed by atoms with E-state index in [0.717, 1.165) is 0 Å². The van der Waals surface area contributed by atoms with Gasteiger partial charge in [-0.2, -0.15) is 0 Å². The summed E-state index contributed by atoms with van der Waals surface area (Å²) in [5.41, 5.74) is 1.70. The molecule has 0 unspecified atom stereocenters. The van der Waals surface area contributed by atoms with Crippen LogP contribution in [0.4, 0.5) is 11.4 Å². The summed E-state index contributed by atoms with van der Waals surface area (Å²) in [6.45, 7) is 0. The van der Waals surface area contributed by atoms with Crippen LogP contribution in [0.15, 0.2) is 60.0 Å². The van der Waals surface area contributed by atoms with Gasteiger partial charge in [0.25, 0.3) is 5.91 Å². The van der Waals surface area contributed by atoms with Gasteiger partial charge in [-0.1, -0.05) is 29.4 Å². The van der Waals surface area contributed by atoms with Gasteiger partial charge in [-0.05, 0) is 42.5 Å². The van der Waals surface area contributed by atoms with Crippen LogP contribution in [0, 0.1) is 0 Å². The molecule has 3 aromatic rings.